The molecule has 0 spiro atoms. The second kappa shape index (κ2) is 5.21. The second-order valence-corrected chi connectivity index (χ2v) is 6.10. The third-order valence-corrected chi connectivity index (χ3v) is 4.84. The molecule has 2 N–H and O–H groups in total. The van der Waals surface area contributed by atoms with Crippen molar-refractivity contribution in [3.63, 3.8) is 0 Å². The van der Waals surface area contributed by atoms with Gasteiger partial charge in [0.15, 0.2) is 5.82 Å². The van der Waals surface area contributed by atoms with Crippen LogP contribution in [0.3, 0.4) is 0 Å². The number of hydrogen-bond acceptors (Lipinski definition) is 5. The largest absolute Gasteiger partial charge is 0.338 e. The van der Waals surface area contributed by atoms with Crippen LogP contribution in [0.15, 0.2) is 4.52 Å². The number of piperidine rings is 1. The first-order valence-electron chi connectivity index (χ1n) is 7.50. The van der Waals surface area contributed by atoms with Crippen molar-refractivity contribution in [1.29, 1.82) is 0 Å². The third-order valence-electron chi connectivity index (χ3n) is 4.84. The highest BCUT2D eigenvalue weighted by molar-refractivity contribution is 5.06. The molecule has 2 unspecified atom stereocenters. The zero-order valence-corrected chi connectivity index (χ0v) is 11.9. The molecule has 2 fully saturated rings. The van der Waals surface area contributed by atoms with E-state index >= 15 is 0 Å². The van der Waals surface area contributed by atoms with Crippen molar-refractivity contribution in [2.24, 2.45) is 5.73 Å². The lowest BCUT2D eigenvalue weighted by Gasteiger charge is -2.34. The van der Waals surface area contributed by atoms with Gasteiger partial charge in [0.25, 0.3) is 0 Å². The maximum absolute atomic E-state index is 6.03. The average molecular weight is 264 g/mol. The van der Waals surface area contributed by atoms with Crippen LogP contribution < -0.4 is 5.73 Å². The fourth-order valence-corrected chi connectivity index (χ4v) is 3.62. The van der Waals surface area contributed by atoms with Crippen LogP contribution in [-0.4, -0.2) is 34.2 Å². The minimum atomic E-state index is -0.103. The molecule has 2 aliphatic heterocycles. The molecule has 3 atom stereocenters. The van der Waals surface area contributed by atoms with E-state index in [0.29, 0.717) is 23.9 Å². The van der Waals surface area contributed by atoms with Gasteiger partial charge < -0.3 is 15.2 Å². The van der Waals surface area contributed by atoms with Crippen molar-refractivity contribution in [2.45, 2.75) is 69.5 Å². The van der Waals surface area contributed by atoms with Crippen molar-refractivity contribution >= 4 is 0 Å². The zero-order chi connectivity index (χ0) is 13.4. The number of hydrogen-bond donors (Lipinski definition) is 1. The molecular formula is C14H24N4O. The van der Waals surface area contributed by atoms with Gasteiger partial charge in [0, 0.05) is 18.0 Å². The van der Waals surface area contributed by atoms with E-state index < -0.39 is 0 Å². The van der Waals surface area contributed by atoms with Gasteiger partial charge in [-0.3, -0.25) is 0 Å². The third kappa shape index (κ3) is 2.41. The molecule has 0 radical (unpaired) electrons. The van der Waals surface area contributed by atoms with E-state index in [1.807, 2.05) is 0 Å². The topological polar surface area (TPSA) is 68.2 Å². The van der Waals surface area contributed by atoms with Crippen LogP contribution in [-0.2, 0) is 0 Å². The SMILES string of the molecule is CCC[C@H](N)c1nc(C2CC3CCC(C2)N3C)no1. The van der Waals surface area contributed by atoms with E-state index in [0.717, 1.165) is 31.5 Å². The van der Waals surface area contributed by atoms with E-state index in [1.54, 1.807) is 0 Å². The molecule has 106 valence electrons. The Hall–Kier alpha value is -0.940. The molecule has 2 saturated heterocycles. The fourth-order valence-electron chi connectivity index (χ4n) is 3.62. The molecular weight excluding hydrogens is 240 g/mol. The van der Waals surface area contributed by atoms with Gasteiger partial charge >= 0.3 is 0 Å². The van der Waals surface area contributed by atoms with Crippen LogP contribution in [0.2, 0.25) is 0 Å². The number of aromatic nitrogens is 2. The van der Waals surface area contributed by atoms with E-state index in [1.165, 1.54) is 12.8 Å². The predicted octanol–water partition coefficient (Wildman–Crippen LogP) is 2.21. The molecule has 2 bridgehead atoms. The van der Waals surface area contributed by atoms with Gasteiger partial charge in [-0.1, -0.05) is 18.5 Å². The summed E-state index contributed by atoms with van der Waals surface area (Å²) in [5, 5.41) is 4.18. The highest BCUT2D eigenvalue weighted by Gasteiger charge is 2.40. The number of fused-ring (bicyclic) bond motifs is 2. The summed E-state index contributed by atoms with van der Waals surface area (Å²) in [5.41, 5.74) is 6.03. The van der Waals surface area contributed by atoms with E-state index in [2.05, 4.69) is 29.0 Å². The summed E-state index contributed by atoms with van der Waals surface area (Å²) >= 11 is 0. The van der Waals surface area contributed by atoms with Crippen LogP contribution in [0.4, 0.5) is 0 Å². The molecule has 3 rings (SSSR count). The molecule has 0 aliphatic carbocycles. The maximum atomic E-state index is 6.03. The van der Waals surface area contributed by atoms with Gasteiger partial charge in [-0.25, -0.2) is 0 Å². The normalized spacial score (nSPS) is 32.7. The minimum Gasteiger partial charge on any atom is -0.338 e. The van der Waals surface area contributed by atoms with Gasteiger partial charge in [-0.15, -0.1) is 0 Å². The summed E-state index contributed by atoms with van der Waals surface area (Å²) in [5.74, 6) is 1.95. The Balaban J connectivity index is 1.70. The van der Waals surface area contributed by atoms with Crippen molar-refractivity contribution in [3.05, 3.63) is 11.7 Å². The van der Waals surface area contributed by atoms with Crippen LogP contribution in [0.1, 0.15) is 69.1 Å². The molecule has 5 heteroatoms. The first-order chi connectivity index (χ1) is 9.19. The second-order valence-electron chi connectivity index (χ2n) is 6.10. The summed E-state index contributed by atoms with van der Waals surface area (Å²) in [6, 6.07) is 1.30. The Morgan fingerprint density at radius 2 is 2.05 bits per heavy atom. The first kappa shape index (κ1) is 13.1. The summed E-state index contributed by atoms with van der Waals surface area (Å²) in [6.07, 6.45) is 6.90. The quantitative estimate of drug-likeness (QED) is 0.903. The monoisotopic (exact) mass is 264 g/mol. The Labute approximate surface area is 114 Å². The van der Waals surface area contributed by atoms with Crippen LogP contribution in [0, 0.1) is 0 Å². The molecule has 3 heterocycles. The molecule has 1 aromatic rings. The lowest BCUT2D eigenvalue weighted by atomic mass is 9.90. The summed E-state index contributed by atoms with van der Waals surface area (Å²) in [4.78, 5) is 7.08. The Bertz CT molecular complexity index is 419. The first-order valence-corrected chi connectivity index (χ1v) is 7.50. The van der Waals surface area contributed by atoms with Crippen molar-refractivity contribution in [2.75, 3.05) is 7.05 Å². The van der Waals surface area contributed by atoms with Crippen molar-refractivity contribution in [3.8, 4) is 0 Å². The van der Waals surface area contributed by atoms with Crippen molar-refractivity contribution in [1.82, 2.24) is 15.0 Å². The van der Waals surface area contributed by atoms with Gasteiger partial charge in [-0.05, 0) is 39.2 Å². The highest BCUT2D eigenvalue weighted by Crippen LogP contribution is 2.41. The van der Waals surface area contributed by atoms with Gasteiger partial charge in [0.2, 0.25) is 5.89 Å². The lowest BCUT2D eigenvalue weighted by molar-refractivity contribution is 0.157. The minimum absolute atomic E-state index is 0.103. The molecule has 19 heavy (non-hydrogen) atoms. The fraction of sp³-hybridized carbons (Fsp3) is 0.857. The number of nitrogens with zero attached hydrogens (tertiary/aromatic N) is 3. The van der Waals surface area contributed by atoms with E-state index in [-0.39, 0.29) is 6.04 Å². The van der Waals surface area contributed by atoms with Gasteiger partial charge in [0.1, 0.15) is 0 Å². The predicted molar refractivity (Wildman–Crippen MR) is 72.7 cm³/mol. The molecule has 0 amide bonds. The van der Waals surface area contributed by atoms with E-state index in [4.69, 9.17) is 10.3 Å². The Kier molecular flexibility index (Phi) is 3.58. The zero-order valence-electron chi connectivity index (χ0n) is 11.9. The van der Waals surface area contributed by atoms with Crippen LogP contribution in [0.25, 0.3) is 0 Å². The van der Waals surface area contributed by atoms with Crippen molar-refractivity contribution < 1.29 is 4.52 Å². The van der Waals surface area contributed by atoms with Crippen LogP contribution in [0.5, 0.6) is 0 Å². The summed E-state index contributed by atoms with van der Waals surface area (Å²) < 4.78 is 5.35. The smallest absolute Gasteiger partial charge is 0.243 e. The molecule has 2 aliphatic rings. The average Bonchev–Trinajstić information content (AvgIpc) is 2.93. The molecule has 5 nitrogen and oxygen atoms in total. The highest BCUT2D eigenvalue weighted by atomic mass is 16.5. The maximum Gasteiger partial charge on any atom is 0.243 e. The lowest BCUT2D eigenvalue weighted by Crippen LogP contribution is -2.39. The number of rotatable bonds is 4. The van der Waals surface area contributed by atoms with Crippen LogP contribution >= 0.6 is 0 Å². The van der Waals surface area contributed by atoms with E-state index in [9.17, 15) is 0 Å². The molecule has 0 aromatic carbocycles. The number of nitrogens with two attached hydrogens (primary N) is 1. The molecule has 1 aromatic heterocycles. The summed E-state index contributed by atoms with van der Waals surface area (Å²) in [6.45, 7) is 2.12. The Morgan fingerprint density at radius 3 is 2.68 bits per heavy atom. The standard InChI is InChI=1S/C14H24N4O/c1-3-4-12(15)14-16-13(17-19-14)9-7-10-5-6-11(8-9)18(10)2/h9-12H,3-8,15H2,1-2H3/t9?,10?,11?,12-/m0/s1. The van der Waals surface area contributed by atoms with Gasteiger partial charge in [-0.2, -0.15) is 4.98 Å². The summed E-state index contributed by atoms with van der Waals surface area (Å²) in [7, 11) is 2.25. The molecule has 0 saturated carbocycles. The Morgan fingerprint density at radius 1 is 1.37 bits per heavy atom. The van der Waals surface area contributed by atoms with Gasteiger partial charge in [0.05, 0.1) is 6.04 Å².